The fraction of sp³-hybridized carbons (Fsp3) is 0.100. The van der Waals surface area contributed by atoms with Crippen molar-refractivity contribution in [3.63, 3.8) is 0 Å². The van der Waals surface area contributed by atoms with Crippen molar-refractivity contribution in [1.82, 2.24) is 0 Å². The van der Waals surface area contributed by atoms with Gasteiger partial charge in [-0.3, -0.25) is 0 Å². The Bertz CT molecular complexity index is 2260. The largest absolute Gasteiger partial charge is 0.495 e. The Morgan fingerprint density at radius 2 is 0.519 bits per heavy atom. The molecule has 0 aliphatic carbocycles. The highest BCUT2D eigenvalue weighted by molar-refractivity contribution is 5.99. The van der Waals surface area contributed by atoms with E-state index >= 15 is 0 Å². The lowest BCUT2D eigenvalue weighted by Crippen LogP contribution is -2.05. The molecule has 0 amide bonds. The predicted molar refractivity (Wildman–Crippen MR) is 176 cm³/mol. The number of benzene rings is 6. The molecule has 0 aromatic heterocycles. The standard InChI is InChI=1S/C40H22F12O2/c1-15-21(17-5-25(41)35(49)26(42)6-17)13-23(19-9-29(45)37(51)30(46)10-19)39(53-3)33(15)34-16(2)22(18-7-27(43)36(50)28(44)8-18)14-24(40(34)54-4)20-11-31(47)38(52)32(48)12-20/h5-14H,1-4H3. The van der Waals surface area contributed by atoms with Gasteiger partial charge in [0.05, 0.1) is 14.2 Å². The molecule has 0 radical (unpaired) electrons. The lowest BCUT2D eigenvalue weighted by Gasteiger charge is -2.26. The molecule has 14 heteroatoms. The molecule has 0 spiro atoms. The van der Waals surface area contributed by atoms with Crippen LogP contribution < -0.4 is 9.47 Å². The highest BCUT2D eigenvalue weighted by Gasteiger charge is 2.30. The monoisotopic (exact) mass is 762 g/mol. The summed E-state index contributed by atoms with van der Waals surface area (Å²) in [6.07, 6.45) is 0. The Hall–Kier alpha value is -5.92. The van der Waals surface area contributed by atoms with Crippen molar-refractivity contribution >= 4 is 0 Å². The summed E-state index contributed by atoms with van der Waals surface area (Å²) in [4.78, 5) is 0. The molecule has 0 unspecified atom stereocenters. The third-order valence-corrected chi connectivity index (χ3v) is 8.92. The van der Waals surface area contributed by atoms with Crippen LogP contribution in [0.2, 0.25) is 0 Å². The van der Waals surface area contributed by atoms with E-state index in [2.05, 4.69) is 0 Å². The molecule has 0 fully saturated rings. The molecule has 0 N–H and O–H groups in total. The third kappa shape index (κ3) is 6.28. The van der Waals surface area contributed by atoms with E-state index in [0.29, 0.717) is 48.5 Å². The van der Waals surface area contributed by atoms with Crippen LogP contribution in [0.5, 0.6) is 11.5 Å². The van der Waals surface area contributed by atoms with Crippen LogP contribution in [0.3, 0.4) is 0 Å². The summed E-state index contributed by atoms with van der Waals surface area (Å²) in [6.45, 7) is 2.75. The van der Waals surface area contributed by atoms with E-state index in [1.54, 1.807) is 0 Å². The summed E-state index contributed by atoms with van der Waals surface area (Å²) in [5.41, 5.74) is -2.38. The Balaban J connectivity index is 1.86. The summed E-state index contributed by atoms with van der Waals surface area (Å²) >= 11 is 0. The Labute approximate surface area is 298 Å². The summed E-state index contributed by atoms with van der Waals surface area (Å²) in [5.74, 6) is -20.9. The van der Waals surface area contributed by atoms with Gasteiger partial charge in [-0.1, -0.05) is 0 Å². The van der Waals surface area contributed by atoms with E-state index in [9.17, 15) is 52.7 Å². The first-order chi connectivity index (χ1) is 25.5. The SMILES string of the molecule is COc1c(-c2cc(F)c(F)c(F)c2)cc(-c2cc(F)c(F)c(F)c2)c(C)c1-c1c(C)c(-c2cc(F)c(F)c(F)c2)cc(-c2cc(F)c(F)c(F)c2)c1OC. The fourth-order valence-electron chi connectivity index (χ4n) is 6.41. The Kier molecular flexibility index (Phi) is 9.91. The van der Waals surface area contributed by atoms with Crippen LogP contribution in [0.4, 0.5) is 52.7 Å². The minimum absolute atomic E-state index is 0.0292. The zero-order valence-corrected chi connectivity index (χ0v) is 28.1. The number of methoxy groups -OCH3 is 2. The summed E-state index contributed by atoms with van der Waals surface area (Å²) in [7, 11) is 2.22. The molecule has 0 aliphatic heterocycles. The maximum Gasteiger partial charge on any atom is 0.194 e. The van der Waals surface area contributed by atoms with Crippen molar-refractivity contribution in [2.45, 2.75) is 13.8 Å². The molecule has 6 aromatic rings. The third-order valence-electron chi connectivity index (χ3n) is 8.92. The molecule has 54 heavy (non-hydrogen) atoms. The highest BCUT2D eigenvalue weighted by Crippen LogP contribution is 2.53. The fourth-order valence-corrected chi connectivity index (χ4v) is 6.41. The van der Waals surface area contributed by atoms with Gasteiger partial charge >= 0.3 is 0 Å². The first kappa shape index (κ1) is 37.8. The minimum atomic E-state index is -1.83. The second-order valence-corrected chi connectivity index (χ2v) is 12.0. The zero-order chi connectivity index (χ0) is 39.5. The van der Waals surface area contributed by atoms with Crippen molar-refractivity contribution in [2.24, 2.45) is 0 Å². The van der Waals surface area contributed by atoms with Crippen LogP contribution in [0.25, 0.3) is 55.6 Å². The number of rotatable bonds is 7. The number of hydrogen-bond acceptors (Lipinski definition) is 2. The molecule has 2 nitrogen and oxygen atoms in total. The summed E-state index contributed by atoms with van der Waals surface area (Å²) in [6, 6.07) is 7.15. The molecular formula is C40H22F12O2. The lowest BCUT2D eigenvalue weighted by atomic mass is 9.82. The van der Waals surface area contributed by atoms with Crippen molar-refractivity contribution in [2.75, 3.05) is 14.2 Å². The van der Waals surface area contributed by atoms with E-state index in [0.717, 1.165) is 26.4 Å². The van der Waals surface area contributed by atoms with E-state index < -0.39 is 69.8 Å². The molecule has 6 aromatic carbocycles. The first-order valence-electron chi connectivity index (χ1n) is 15.5. The van der Waals surface area contributed by atoms with Crippen LogP contribution >= 0.6 is 0 Å². The van der Waals surface area contributed by atoms with Gasteiger partial charge < -0.3 is 9.47 Å². The topological polar surface area (TPSA) is 18.5 Å². The van der Waals surface area contributed by atoms with Crippen LogP contribution in [0.1, 0.15) is 11.1 Å². The molecular weight excluding hydrogens is 740 g/mol. The van der Waals surface area contributed by atoms with Crippen molar-refractivity contribution in [3.8, 4) is 67.1 Å². The van der Waals surface area contributed by atoms with Gasteiger partial charge in [-0.05, 0) is 119 Å². The van der Waals surface area contributed by atoms with Gasteiger partial charge in [0.2, 0.25) is 0 Å². The Morgan fingerprint density at radius 3 is 0.722 bits per heavy atom. The molecule has 6 rings (SSSR count). The van der Waals surface area contributed by atoms with Crippen LogP contribution in [-0.2, 0) is 0 Å². The second-order valence-electron chi connectivity index (χ2n) is 12.0. The number of ether oxygens (including phenoxy) is 2. The second kappa shape index (κ2) is 14.1. The number of halogens is 12. The van der Waals surface area contributed by atoms with E-state index in [1.807, 2.05) is 0 Å². The van der Waals surface area contributed by atoms with Crippen molar-refractivity contribution in [3.05, 3.63) is 142 Å². The average Bonchev–Trinajstić information content (AvgIpc) is 3.12. The lowest BCUT2D eigenvalue weighted by molar-refractivity contribution is 0.411. The van der Waals surface area contributed by atoms with Gasteiger partial charge in [0, 0.05) is 22.3 Å². The molecule has 0 bridgehead atoms. The molecule has 0 aliphatic rings. The van der Waals surface area contributed by atoms with Gasteiger partial charge in [-0.15, -0.1) is 0 Å². The molecule has 278 valence electrons. The van der Waals surface area contributed by atoms with Gasteiger partial charge in [-0.25, -0.2) is 52.7 Å². The normalized spacial score (nSPS) is 11.3. The predicted octanol–water partition coefficient (Wildman–Crippen LogP) is 12.3. The van der Waals surface area contributed by atoms with Gasteiger partial charge in [0.1, 0.15) is 11.5 Å². The maximum absolute atomic E-state index is 14.7. The van der Waals surface area contributed by atoms with Gasteiger partial charge in [0.25, 0.3) is 0 Å². The van der Waals surface area contributed by atoms with Crippen molar-refractivity contribution < 1.29 is 62.2 Å². The van der Waals surface area contributed by atoms with Crippen LogP contribution in [0.15, 0.2) is 60.7 Å². The minimum Gasteiger partial charge on any atom is -0.495 e. The highest BCUT2D eigenvalue weighted by atomic mass is 19.2. The molecule has 0 saturated heterocycles. The van der Waals surface area contributed by atoms with Gasteiger partial charge in [0.15, 0.2) is 69.8 Å². The Morgan fingerprint density at radius 1 is 0.315 bits per heavy atom. The van der Waals surface area contributed by atoms with E-state index in [1.165, 1.54) is 13.8 Å². The van der Waals surface area contributed by atoms with E-state index in [4.69, 9.17) is 9.47 Å². The van der Waals surface area contributed by atoms with Crippen LogP contribution in [-0.4, -0.2) is 14.2 Å². The average molecular weight is 763 g/mol. The summed E-state index contributed by atoms with van der Waals surface area (Å²) in [5, 5.41) is 0. The number of hydrogen-bond donors (Lipinski definition) is 0. The first-order valence-corrected chi connectivity index (χ1v) is 15.5. The van der Waals surface area contributed by atoms with E-state index in [-0.39, 0.29) is 78.3 Å². The molecule has 0 atom stereocenters. The van der Waals surface area contributed by atoms with Gasteiger partial charge in [-0.2, -0.15) is 0 Å². The summed E-state index contributed by atoms with van der Waals surface area (Å²) < 4.78 is 186. The molecule has 0 heterocycles. The molecule has 0 saturated carbocycles. The maximum atomic E-state index is 14.7. The quantitative estimate of drug-likeness (QED) is 0.119. The van der Waals surface area contributed by atoms with Crippen LogP contribution in [0, 0.1) is 83.7 Å². The smallest absolute Gasteiger partial charge is 0.194 e. The van der Waals surface area contributed by atoms with Crippen molar-refractivity contribution in [1.29, 1.82) is 0 Å². The zero-order valence-electron chi connectivity index (χ0n) is 28.1.